The number of aromatic nitrogens is 3. The van der Waals surface area contributed by atoms with Crippen molar-refractivity contribution in [2.45, 2.75) is 32.2 Å². The first-order chi connectivity index (χ1) is 7.25. The van der Waals surface area contributed by atoms with Crippen molar-refractivity contribution >= 4 is 0 Å². The van der Waals surface area contributed by atoms with Crippen LogP contribution in [0.3, 0.4) is 0 Å². The number of nitrogens with zero attached hydrogens (tertiary/aromatic N) is 3. The van der Waals surface area contributed by atoms with Crippen molar-refractivity contribution < 1.29 is 27.1 Å². The van der Waals surface area contributed by atoms with E-state index in [0.29, 0.717) is 4.57 Å². The molecule has 0 aliphatic carbocycles. The van der Waals surface area contributed by atoms with E-state index in [0.717, 1.165) is 0 Å². The average molecular weight is 245 g/mol. The summed E-state index contributed by atoms with van der Waals surface area (Å²) >= 11 is 0. The van der Waals surface area contributed by atoms with Gasteiger partial charge in [0.1, 0.15) is 6.61 Å². The lowest BCUT2D eigenvalue weighted by Crippen LogP contribution is -2.36. The van der Waals surface area contributed by atoms with Gasteiger partial charge in [0.15, 0.2) is 5.82 Å². The highest BCUT2D eigenvalue weighted by Crippen LogP contribution is 2.43. The van der Waals surface area contributed by atoms with E-state index in [-0.39, 0.29) is 12.4 Å². The molecule has 0 radical (unpaired) electrons. The molecule has 0 fully saturated rings. The van der Waals surface area contributed by atoms with Crippen LogP contribution in [0.15, 0.2) is 0 Å². The Kier molecular flexibility index (Phi) is 3.17. The SMILES string of the molecule is CCn1c(CO)nnc1C(F)(F)C(F)(F)F. The van der Waals surface area contributed by atoms with Crippen molar-refractivity contribution in [1.29, 1.82) is 0 Å². The smallest absolute Gasteiger partial charge is 0.388 e. The van der Waals surface area contributed by atoms with E-state index >= 15 is 0 Å². The van der Waals surface area contributed by atoms with Crippen LogP contribution in [0, 0.1) is 0 Å². The van der Waals surface area contributed by atoms with Crippen LogP contribution >= 0.6 is 0 Å². The van der Waals surface area contributed by atoms with Crippen LogP contribution in [-0.4, -0.2) is 26.0 Å². The molecule has 1 aromatic heterocycles. The molecule has 0 amide bonds. The van der Waals surface area contributed by atoms with Gasteiger partial charge in [0, 0.05) is 6.54 Å². The van der Waals surface area contributed by atoms with Gasteiger partial charge >= 0.3 is 12.1 Å². The van der Waals surface area contributed by atoms with Gasteiger partial charge in [-0.05, 0) is 6.92 Å². The van der Waals surface area contributed by atoms with Crippen LogP contribution in [0.5, 0.6) is 0 Å². The van der Waals surface area contributed by atoms with E-state index in [4.69, 9.17) is 5.11 Å². The Morgan fingerprint density at radius 3 is 2.12 bits per heavy atom. The Bertz CT molecular complexity index is 373. The summed E-state index contributed by atoms with van der Waals surface area (Å²) in [4.78, 5) is 0. The van der Waals surface area contributed by atoms with E-state index in [1.807, 2.05) is 0 Å². The second-order valence-corrected chi connectivity index (χ2v) is 2.91. The van der Waals surface area contributed by atoms with Gasteiger partial charge in [-0.2, -0.15) is 22.0 Å². The molecule has 0 aliphatic rings. The lowest BCUT2D eigenvalue weighted by atomic mass is 10.3. The monoisotopic (exact) mass is 245 g/mol. The summed E-state index contributed by atoms with van der Waals surface area (Å²) in [5.74, 6) is -6.92. The van der Waals surface area contributed by atoms with E-state index in [1.165, 1.54) is 6.92 Å². The number of rotatable bonds is 3. The van der Waals surface area contributed by atoms with Crippen molar-refractivity contribution in [3.05, 3.63) is 11.6 Å². The molecule has 0 aromatic carbocycles. The van der Waals surface area contributed by atoms with Gasteiger partial charge in [-0.1, -0.05) is 0 Å². The van der Waals surface area contributed by atoms with Gasteiger partial charge < -0.3 is 9.67 Å². The zero-order valence-corrected chi connectivity index (χ0v) is 8.09. The first-order valence-corrected chi connectivity index (χ1v) is 4.23. The van der Waals surface area contributed by atoms with Gasteiger partial charge in [0.25, 0.3) is 0 Å². The van der Waals surface area contributed by atoms with E-state index in [1.54, 1.807) is 0 Å². The Morgan fingerprint density at radius 2 is 1.75 bits per heavy atom. The predicted octanol–water partition coefficient (Wildman–Crippen LogP) is 1.44. The summed E-state index contributed by atoms with van der Waals surface area (Å²) in [5, 5.41) is 14.5. The quantitative estimate of drug-likeness (QED) is 0.820. The normalized spacial score (nSPS) is 13.2. The molecule has 1 aromatic rings. The number of aliphatic hydroxyl groups is 1. The van der Waals surface area contributed by atoms with Crippen LogP contribution < -0.4 is 0 Å². The molecule has 0 saturated heterocycles. The molecule has 9 heteroatoms. The largest absolute Gasteiger partial charge is 0.461 e. The fraction of sp³-hybridized carbons (Fsp3) is 0.714. The van der Waals surface area contributed by atoms with Crippen molar-refractivity contribution in [3.63, 3.8) is 0 Å². The molecule has 0 bridgehead atoms. The zero-order valence-electron chi connectivity index (χ0n) is 8.09. The minimum absolute atomic E-state index is 0.191. The lowest BCUT2D eigenvalue weighted by Gasteiger charge is -2.19. The third kappa shape index (κ3) is 1.86. The fourth-order valence-electron chi connectivity index (χ4n) is 1.14. The molecule has 4 nitrogen and oxygen atoms in total. The molecule has 0 spiro atoms. The molecule has 0 atom stereocenters. The number of aliphatic hydroxyl groups excluding tert-OH is 1. The van der Waals surface area contributed by atoms with Crippen molar-refractivity contribution in [2.24, 2.45) is 0 Å². The Morgan fingerprint density at radius 1 is 1.19 bits per heavy atom. The van der Waals surface area contributed by atoms with E-state index in [9.17, 15) is 22.0 Å². The van der Waals surface area contributed by atoms with Crippen molar-refractivity contribution in [3.8, 4) is 0 Å². The summed E-state index contributed by atoms with van der Waals surface area (Å²) < 4.78 is 62.6. The Balaban J connectivity index is 3.28. The zero-order chi connectivity index (χ0) is 12.6. The van der Waals surface area contributed by atoms with Gasteiger partial charge in [0.05, 0.1) is 0 Å². The van der Waals surface area contributed by atoms with Crippen LogP contribution in [0.2, 0.25) is 0 Å². The minimum atomic E-state index is -5.74. The van der Waals surface area contributed by atoms with Gasteiger partial charge in [-0.15, -0.1) is 10.2 Å². The molecule has 0 unspecified atom stereocenters. The third-order valence-corrected chi connectivity index (χ3v) is 1.92. The molecule has 1 N–H and O–H groups in total. The Labute approximate surface area is 86.7 Å². The van der Waals surface area contributed by atoms with Gasteiger partial charge in [-0.25, -0.2) is 0 Å². The predicted molar refractivity (Wildman–Crippen MR) is 41.6 cm³/mol. The highest BCUT2D eigenvalue weighted by molar-refractivity contribution is 5.04. The summed E-state index contributed by atoms with van der Waals surface area (Å²) in [6, 6.07) is 0. The fourth-order valence-corrected chi connectivity index (χ4v) is 1.14. The second kappa shape index (κ2) is 3.96. The van der Waals surface area contributed by atoms with Crippen LogP contribution in [0.1, 0.15) is 18.6 Å². The summed E-state index contributed by atoms with van der Waals surface area (Å²) in [6.07, 6.45) is -5.74. The van der Waals surface area contributed by atoms with Gasteiger partial charge in [0.2, 0.25) is 5.82 Å². The standard InChI is InChI=1S/C7H8F5N3O/c1-2-15-4(3-16)13-14-5(15)6(8,9)7(10,11)12/h16H,2-3H2,1H3. The minimum Gasteiger partial charge on any atom is -0.388 e. The third-order valence-electron chi connectivity index (χ3n) is 1.92. The van der Waals surface area contributed by atoms with E-state index < -0.39 is 24.5 Å². The molecular formula is C7H8F5N3O. The maximum absolute atomic E-state index is 12.9. The van der Waals surface area contributed by atoms with Crippen LogP contribution in [-0.2, 0) is 19.1 Å². The molecule has 0 aliphatic heterocycles. The first kappa shape index (κ1) is 12.8. The lowest BCUT2D eigenvalue weighted by molar-refractivity contribution is -0.293. The van der Waals surface area contributed by atoms with E-state index in [2.05, 4.69) is 10.2 Å². The molecular weight excluding hydrogens is 237 g/mol. The molecule has 16 heavy (non-hydrogen) atoms. The first-order valence-electron chi connectivity index (χ1n) is 4.23. The summed E-state index contributed by atoms with van der Waals surface area (Å²) in [5.41, 5.74) is 0. The highest BCUT2D eigenvalue weighted by atomic mass is 19.4. The van der Waals surface area contributed by atoms with Crippen molar-refractivity contribution in [2.75, 3.05) is 0 Å². The van der Waals surface area contributed by atoms with Gasteiger partial charge in [-0.3, -0.25) is 0 Å². The molecule has 1 heterocycles. The number of alkyl halides is 5. The highest BCUT2D eigenvalue weighted by Gasteiger charge is 2.62. The average Bonchev–Trinajstić information content (AvgIpc) is 2.58. The van der Waals surface area contributed by atoms with Crippen LogP contribution in [0.25, 0.3) is 0 Å². The summed E-state index contributed by atoms with van der Waals surface area (Å²) in [6.45, 7) is 0.400. The maximum atomic E-state index is 12.9. The number of hydrogen-bond acceptors (Lipinski definition) is 3. The van der Waals surface area contributed by atoms with Crippen LogP contribution in [0.4, 0.5) is 22.0 Å². The number of hydrogen-bond donors (Lipinski definition) is 1. The molecule has 92 valence electrons. The second-order valence-electron chi connectivity index (χ2n) is 2.91. The summed E-state index contributed by atoms with van der Waals surface area (Å²) in [7, 11) is 0. The molecule has 1 rings (SSSR count). The Hall–Kier alpha value is -1.25. The van der Waals surface area contributed by atoms with Crippen molar-refractivity contribution in [1.82, 2.24) is 14.8 Å². The topological polar surface area (TPSA) is 50.9 Å². The number of halogens is 5. The molecule has 0 saturated carbocycles. The maximum Gasteiger partial charge on any atom is 0.461 e.